The van der Waals surface area contributed by atoms with Crippen LogP contribution in [0.25, 0.3) is 0 Å². The highest BCUT2D eigenvalue weighted by atomic mass is 32.2. The number of rotatable bonds is 4. The summed E-state index contributed by atoms with van der Waals surface area (Å²) in [6.45, 7) is 5.87. The fourth-order valence-corrected chi connectivity index (χ4v) is 6.09. The highest BCUT2D eigenvalue weighted by Crippen LogP contribution is 2.35. The number of amides is 1. The Morgan fingerprint density at radius 2 is 1.78 bits per heavy atom. The minimum absolute atomic E-state index is 0.000915. The molecule has 1 atom stereocenters. The van der Waals surface area contributed by atoms with Crippen LogP contribution in [0.4, 0.5) is 5.69 Å². The van der Waals surface area contributed by atoms with E-state index in [1.807, 2.05) is 30.0 Å². The van der Waals surface area contributed by atoms with Crippen LogP contribution in [0.3, 0.4) is 0 Å². The van der Waals surface area contributed by atoms with Gasteiger partial charge in [0.1, 0.15) is 0 Å². The Balaban J connectivity index is 1.22. The van der Waals surface area contributed by atoms with Crippen molar-refractivity contribution < 1.29 is 22.7 Å². The molecule has 1 amide bonds. The zero-order valence-electron chi connectivity index (χ0n) is 18.3. The molecule has 0 radical (unpaired) electrons. The van der Waals surface area contributed by atoms with Crippen molar-refractivity contribution in [3.63, 3.8) is 0 Å². The molecule has 3 heterocycles. The number of fused-ring (bicyclic) bond motifs is 2. The maximum Gasteiger partial charge on any atom is 0.253 e. The lowest BCUT2D eigenvalue weighted by molar-refractivity contribution is 0.0628. The van der Waals surface area contributed by atoms with E-state index in [0.29, 0.717) is 30.8 Å². The van der Waals surface area contributed by atoms with Crippen molar-refractivity contribution in [3.8, 4) is 11.5 Å². The highest BCUT2D eigenvalue weighted by molar-refractivity contribution is 7.92. The van der Waals surface area contributed by atoms with Gasteiger partial charge < -0.3 is 14.4 Å². The fraction of sp³-hybridized carbons (Fsp3) is 0.435. The van der Waals surface area contributed by atoms with Gasteiger partial charge in [0.25, 0.3) is 5.91 Å². The van der Waals surface area contributed by atoms with Crippen LogP contribution in [-0.4, -0.2) is 69.4 Å². The number of hydrogen-bond acceptors (Lipinski definition) is 6. The Labute approximate surface area is 188 Å². The summed E-state index contributed by atoms with van der Waals surface area (Å²) in [5.74, 6) is 1.57. The number of piperazine rings is 1. The third-order valence-corrected chi connectivity index (χ3v) is 7.61. The first-order chi connectivity index (χ1) is 15.3. The summed E-state index contributed by atoms with van der Waals surface area (Å²) in [7, 11) is -3.34. The van der Waals surface area contributed by atoms with E-state index in [9.17, 15) is 13.2 Å². The molecule has 0 aromatic heterocycles. The second-order valence-electron chi connectivity index (χ2n) is 8.71. The molecule has 9 heteroatoms. The highest BCUT2D eigenvalue weighted by Gasteiger charge is 2.33. The van der Waals surface area contributed by atoms with Crippen LogP contribution in [0.5, 0.6) is 11.5 Å². The standard InChI is InChI=1S/C23H27N3O5S/c1-16-11-19-13-18(4-5-20(19)26(16)32(2,28)29)23(27)25-9-7-24(8-10-25)14-17-3-6-21-22(12-17)31-15-30-21/h3-6,12-13,16H,7-11,14-15H2,1-2H3/t16-/m1/s1. The van der Waals surface area contributed by atoms with E-state index in [2.05, 4.69) is 11.0 Å². The first-order valence-electron chi connectivity index (χ1n) is 10.8. The summed E-state index contributed by atoms with van der Waals surface area (Å²) in [4.78, 5) is 17.3. The van der Waals surface area contributed by atoms with E-state index >= 15 is 0 Å². The summed E-state index contributed by atoms with van der Waals surface area (Å²) in [5, 5.41) is 0. The number of anilines is 1. The Kier molecular flexibility index (Phi) is 5.25. The second-order valence-corrected chi connectivity index (χ2v) is 10.6. The minimum Gasteiger partial charge on any atom is -0.454 e. The molecule has 170 valence electrons. The van der Waals surface area contributed by atoms with Gasteiger partial charge in [-0.2, -0.15) is 0 Å². The molecule has 0 spiro atoms. The van der Waals surface area contributed by atoms with Crippen molar-refractivity contribution in [2.45, 2.75) is 25.9 Å². The van der Waals surface area contributed by atoms with Gasteiger partial charge in [0, 0.05) is 44.3 Å². The molecule has 2 aromatic carbocycles. The lowest BCUT2D eigenvalue weighted by Gasteiger charge is -2.35. The number of carbonyl (C=O) groups excluding carboxylic acids is 1. The van der Waals surface area contributed by atoms with E-state index in [-0.39, 0.29) is 18.7 Å². The average Bonchev–Trinajstić information content (AvgIpc) is 3.35. The molecule has 0 bridgehead atoms. The first-order valence-corrected chi connectivity index (χ1v) is 12.7. The number of sulfonamides is 1. The Bertz CT molecular complexity index is 1160. The van der Waals surface area contributed by atoms with Crippen LogP contribution in [0, 0.1) is 0 Å². The third kappa shape index (κ3) is 3.91. The lowest BCUT2D eigenvalue weighted by Crippen LogP contribution is -2.48. The SMILES string of the molecule is C[C@@H]1Cc2cc(C(=O)N3CCN(Cc4ccc5c(c4)OCO5)CC3)ccc2N1S(C)(=O)=O. The van der Waals surface area contributed by atoms with Crippen LogP contribution < -0.4 is 13.8 Å². The van der Waals surface area contributed by atoms with Gasteiger partial charge in [0.05, 0.1) is 11.9 Å². The van der Waals surface area contributed by atoms with E-state index in [1.165, 1.54) is 10.6 Å². The molecule has 32 heavy (non-hydrogen) atoms. The molecule has 0 aliphatic carbocycles. The largest absolute Gasteiger partial charge is 0.454 e. The molecule has 8 nitrogen and oxygen atoms in total. The molecule has 5 rings (SSSR count). The van der Waals surface area contributed by atoms with Crippen molar-refractivity contribution in [3.05, 3.63) is 53.1 Å². The van der Waals surface area contributed by atoms with Crippen molar-refractivity contribution >= 4 is 21.6 Å². The van der Waals surface area contributed by atoms with Crippen molar-refractivity contribution in [2.24, 2.45) is 0 Å². The van der Waals surface area contributed by atoms with E-state index < -0.39 is 10.0 Å². The maximum absolute atomic E-state index is 13.1. The van der Waals surface area contributed by atoms with Crippen LogP contribution in [0.15, 0.2) is 36.4 Å². The second kappa shape index (κ2) is 7.97. The zero-order valence-corrected chi connectivity index (χ0v) is 19.1. The Morgan fingerprint density at radius 1 is 1.03 bits per heavy atom. The molecule has 0 N–H and O–H groups in total. The number of hydrogen-bond donors (Lipinski definition) is 0. The van der Waals surface area contributed by atoms with Gasteiger partial charge in [-0.3, -0.25) is 14.0 Å². The quantitative estimate of drug-likeness (QED) is 0.700. The minimum atomic E-state index is -3.34. The lowest BCUT2D eigenvalue weighted by atomic mass is 10.1. The van der Waals surface area contributed by atoms with Crippen LogP contribution in [0.2, 0.25) is 0 Å². The number of ether oxygens (including phenoxy) is 2. The van der Waals surface area contributed by atoms with Gasteiger partial charge in [0.15, 0.2) is 11.5 Å². The van der Waals surface area contributed by atoms with E-state index in [0.717, 1.165) is 42.3 Å². The molecule has 2 aromatic rings. The third-order valence-electron chi connectivity index (χ3n) is 6.34. The zero-order chi connectivity index (χ0) is 22.5. The topological polar surface area (TPSA) is 79.4 Å². The fourth-order valence-electron chi connectivity index (χ4n) is 4.83. The average molecular weight is 458 g/mol. The van der Waals surface area contributed by atoms with Crippen molar-refractivity contribution in [1.82, 2.24) is 9.80 Å². The summed E-state index contributed by atoms with van der Waals surface area (Å²) in [6, 6.07) is 11.3. The molecule has 0 saturated carbocycles. The smallest absolute Gasteiger partial charge is 0.253 e. The van der Waals surface area contributed by atoms with E-state index in [4.69, 9.17) is 9.47 Å². The predicted octanol–water partition coefficient (Wildman–Crippen LogP) is 2.08. The summed E-state index contributed by atoms with van der Waals surface area (Å²) in [5.41, 5.74) is 3.38. The van der Waals surface area contributed by atoms with Crippen LogP contribution >= 0.6 is 0 Å². The molecule has 3 aliphatic heterocycles. The normalized spacial score (nSPS) is 20.5. The van der Waals surface area contributed by atoms with Crippen molar-refractivity contribution in [1.29, 1.82) is 0 Å². The number of nitrogens with zero attached hydrogens (tertiary/aromatic N) is 3. The van der Waals surface area contributed by atoms with Gasteiger partial charge in [-0.25, -0.2) is 8.42 Å². The number of benzene rings is 2. The number of carbonyl (C=O) groups is 1. The van der Waals surface area contributed by atoms with Gasteiger partial charge in [0.2, 0.25) is 16.8 Å². The van der Waals surface area contributed by atoms with Crippen molar-refractivity contribution in [2.75, 3.05) is 43.5 Å². The molecular formula is C23H27N3O5S. The molecule has 0 unspecified atom stereocenters. The molecule has 3 aliphatic rings. The van der Waals surface area contributed by atoms with Crippen LogP contribution in [-0.2, 0) is 23.0 Å². The predicted molar refractivity (Wildman–Crippen MR) is 121 cm³/mol. The summed E-state index contributed by atoms with van der Waals surface area (Å²) in [6.07, 6.45) is 1.84. The first kappa shape index (κ1) is 21.1. The van der Waals surface area contributed by atoms with Gasteiger partial charge >= 0.3 is 0 Å². The van der Waals surface area contributed by atoms with Gasteiger partial charge in [-0.1, -0.05) is 6.07 Å². The monoisotopic (exact) mass is 457 g/mol. The van der Waals surface area contributed by atoms with Gasteiger partial charge in [-0.15, -0.1) is 0 Å². The Morgan fingerprint density at radius 3 is 2.53 bits per heavy atom. The Hall–Kier alpha value is -2.78. The summed E-state index contributed by atoms with van der Waals surface area (Å²) < 4.78 is 36.5. The van der Waals surface area contributed by atoms with Gasteiger partial charge in [-0.05, 0) is 54.8 Å². The molecule has 1 fully saturated rings. The van der Waals surface area contributed by atoms with Crippen LogP contribution in [0.1, 0.15) is 28.4 Å². The van der Waals surface area contributed by atoms with E-state index in [1.54, 1.807) is 12.1 Å². The maximum atomic E-state index is 13.1. The summed E-state index contributed by atoms with van der Waals surface area (Å²) >= 11 is 0. The molecule has 1 saturated heterocycles. The molecular weight excluding hydrogens is 430 g/mol.